The van der Waals surface area contributed by atoms with Gasteiger partial charge in [0, 0.05) is 29.4 Å². The van der Waals surface area contributed by atoms with Crippen LogP contribution in [0.3, 0.4) is 0 Å². The first-order valence-corrected chi connectivity index (χ1v) is 5.58. The number of anilines is 2. The summed E-state index contributed by atoms with van der Waals surface area (Å²) in [4.78, 5) is 0. The van der Waals surface area contributed by atoms with Crippen molar-refractivity contribution in [3.8, 4) is 0 Å². The van der Waals surface area contributed by atoms with Crippen molar-refractivity contribution in [1.82, 2.24) is 0 Å². The third kappa shape index (κ3) is 3.21. The van der Waals surface area contributed by atoms with E-state index in [0.29, 0.717) is 11.6 Å². The van der Waals surface area contributed by atoms with Crippen LogP contribution in [0.5, 0.6) is 0 Å². The SMILES string of the molecule is C=C/C=C/Nc1cc(C=N)c(N)cc1C(C)C. The maximum Gasteiger partial charge on any atom is 0.0423 e. The van der Waals surface area contributed by atoms with E-state index in [0.717, 1.165) is 16.8 Å². The Hall–Kier alpha value is -2.03. The van der Waals surface area contributed by atoms with Crippen molar-refractivity contribution in [1.29, 1.82) is 5.41 Å². The fraction of sp³-hybridized carbons (Fsp3) is 0.214. The van der Waals surface area contributed by atoms with E-state index in [-0.39, 0.29) is 0 Å². The summed E-state index contributed by atoms with van der Waals surface area (Å²) >= 11 is 0. The average Bonchev–Trinajstić information content (AvgIpc) is 2.30. The second kappa shape index (κ2) is 5.89. The number of hydrogen-bond donors (Lipinski definition) is 3. The van der Waals surface area contributed by atoms with Crippen LogP contribution >= 0.6 is 0 Å². The Morgan fingerprint density at radius 2 is 2.12 bits per heavy atom. The second-order valence-corrected chi connectivity index (χ2v) is 4.11. The molecule has 17 heavy (non-hydrogen) atoms. The molecule has 0 fully saturated rings. The number of nitrogens with one attached hydrogen (secondary N) is 2. The lowest BCUT2D eigenvalue weighted by atomic mass is 9.98. The van der Waals surface area contributed by atoms with Gasteiger partial charge in [-0.3, -0.25) is 0 Å². The smallest absolute Gasteiger partial charge is 0.0423 e. The maximum absolute atomic E-state index is 7.31. The predicted molar refractivity (Wildman–Crippen MR) is 75.8 cm³/mol. The molecule has 3 heteroatoms. The van der Waals surface area contributed by atoms with E-state index in [1.807, 2.05) is 24.4 Å². The van der Waals surface area contributed by atoms with Crippen molar-refractivity contribution in [2.45, 2.75) is 19.8 Å². The molecule has 0 aliphatic carbocycles. The monoisotopic (exact) mass is 229 g/mol. The van der Waals surface area contributed by atoms with Crippen LogP contribution in [0.2, 0.25) is 0 Å². The lowest BCUT2D eigenvalue weighted by Gasteiger charge is -2.15. The summed E-state index contributed by atoms with van der Waals surface area (Å²) in [6.07, 6.45) is 6.61. The Morgan fingerprint density at radius 1 is 1.41 bits per heavy atom. The number of allylic oxidation sites excluding steroid dienone is 2. The number of hydrogen-bond acceptors (Lipinski definition) is 3. The molecule has 90 valence electrons. The molecule has 0 heterocycles. The average molecular weight is 229 g/mol. The zero-order chi connectivity index (χ0) is 12.8. The lowest BCUT2D eigenvalue weighted by molar-refractivity contribution is 0.869. The number of benzene rings is 1. The summed E-state index contributed by atoms with van der Waals surface area (Å²) in [5.41, 5.74) is 9.36. The highest BCUT2D eigenvalue weighted by molar-refractivity contribution is 5.87. The normalized spacial score (nSPS) is 10.8. The molecule has 3 nitrogen and oxygen atoms in total. The van der Waals surface area contributed by atoms with Gasteiger partial charge in [-0.15, -0.1) is 0 Å². The zero-order valence-electron chi connectivity index (χ0n) is 10.3. The van der Waals surface area contributed by atoms with Crippen LogP contribution in [0.15, 0.2) is 37.1 Å². The molecule has 1 aromatic rings. The molecule has 0 atom stereocenters. The Morgan fingerprint density at radius 3 is 2.65 bits per heavy atom. The van der Waals surface area contributed by atoms with E-state index >= 15 is 0 Å². The molecule has 0 aliphatic rings. The van der Waals surface area contributed by atoms with Gasteiger partial charge in [-0.05, 0) is 29.7 Å². The largest absolute Gasteiger partial charge is 0.398 e. The van der Waals surface area contributed by atoms with Crippen LogP contribution in [0.4, 0.5) is 11.4 Å². The van der Waals surface area contributed by atoms with Crippen LogP contribution in [-0.2, 0) is 0 Å². The van der Waals surface area contributed by atoms with Gasteiger partial charge in [0.25, 0.3) is 0 Å². The molecule has 0 aliphatic heterocycles. The van der Waals surface area contributed by atoms with E-state index in [1.54, 1.807) is 6.08 Å². The Bertz CT molecular complexity index is 445. The molecular weight excluding hydrogens is 210 g/mol. The molecule has 4 N–H and O–H groups in total. The zero-order valence-corrected chi connectivity index (χ0v) is 10.3. The molecule has 1 aromatic carbocycles. The molecule has 0 saturated carbocycles. The fourth-order valence-electron chi connectivity index (χ4n) is 1.58. The van der Waals surface area contributed by atoms with Crippen LogP contribution in [0, 0.1) is 5.41 Å². The van der Waals surface area contributed by atoms with Crippen molar-refractivity contribution in [2.75, 3.05) is 11.1 Å². The third-order valence-corrected chi connectivity index (χ3v) is 2.50. The lowest BCUT2D eigenvalue weighted by Crippen LogP contribution is -2.02. The molecule has 1 rings (SSSR count). The van der Waals surface area contributed by atoms with Crippen LogP contribution in [-0.4, -0.2) is 6.21 Å². The molecule has 0 spiro atoms. The highest BCUT2D eigenvalue weighted by Gasteiger charge is 2.09. The summed E-state index contributed by atoms with van der Waals surface area (Å²) in [5, 5.41) is 10.5. The van der Waals surface area contributed by atoms with E-state index in [2.05, 4.69) is 25.7 Å². The van der Waals surface area contributed by atoms with Gasteiger partial charge in [0.05, 0.1) is 0 Å². The second-order valence-electron chi connectivity index (χ2n) is 4.11. The summed E-state index contributed by atoms with van der Waals surface area (Å²) in [6.45, 7) is 7.84. The van der Waals surface area contributed by atoms with Crippen molar-refractivity contribution in [3.05, 3.63) is 48.2 Å². The van der Waals surface area contributed by atoms with Gasteiger partial charge in [-0.2, -0.15) is 0 Å². The molecular formula is C14H19N3. The Labute approximate surface area is 103 Å². The maximum atomic E-state index is 7.31. The summed E-state index contributed by atoms with van der Waals surface area (Å²) in [5.74, 6) is 0.372. The summed E-state index contributed by atoms with van der Waals surface area (Å²) < 4.78 is 0. The molecule has 0 saturated heterocycles. The predicted octanol–water partition coefficient (Wildman–Crippen LogP) is 3.50. The third-order valence-electron chi connectivity index (χ3n) is 2.50. The molecule has 0 amide bonds. The summed E-state index contributed by atoms with van der Waals surface area (Å²) in [6, 6.07) is 3.82. The van der Waals surface area contributed by atoms with Gasteiger partial charge in [0.1, 0.15) is 0 Å². The highest BCUT2D eigenvalue weighted by Crippen LogP contribution is 2.28. The van der Waals surface area contributed by atoms with Gasteiger partial charge >= 0.3 is 0 Å². The van der Waals surface area contributed by atoms with E-state index < -0.39 is 0 Å². The molecule has 0 bridgehead atoms. The van der Waals surface area contributed by atoms with Crippen LogP contribution in [0.1, 0.15) is 30.9 Å². The minimum atomic E-state index is 0.372. The highest BCUT2D eigenvalue weighted by atomic mass is 14.8. The van der Waals surface area contributed by atoms with Crippen molar-refractivity contribution >= 4 is 17.6 Å². The number of nitrogen functional groups attached to an aromatic ring is 1. The van der Waals surface area contributed by atoms with Crippen molar-refractivity contribution in [3.63, 3.8) is 0 Å². The van der Waals surface area contributed by atoms with Gasteiger partial charge < -0.3 is 16.5 Å². The first-order chi connectivity index (χ1) is 8.10. The van der Waals surface area contributed by atoms with E-state index in [1.165, 1.54) is 6.21 Å². The fourth-order valence-corrected chi connectivity index (χ4v) is 1.58. The van der Waals surface area contributed by atoms with E-state index in [9.17, 15) is 0 Å². The van der Waals surface area contributed by atoms with Gasteiger partial charge in [0.15, 0.2) is 0 Å². The standard InChI is InChI=1S/C14H19N3/c1-4-5-6-17-14-7-11(9-15)13(16)8-12(14)10(2)3/h4-10,15,17H,1,16H2,2-3H3/b6-5+,15-9?. The van der Waals surface area contributed by atoms with Crippen LogP contribution < -0.4 is 11.1 Å². The van der Waals surface area contributed by atoms with E-state index in [4.69, 9.17) is 11.1 Å². The quantitative estimate of drug-likeness (QED) is 0.411. The summed E-state index contributed by atoms with van der Waals surface area (Å²) in [7, 11) is 0. The topological polar surface area (TPSA) is 61.9 Å². The minimum absolute atomic E-state index is 0.372. The van der Waals surface area contributed by atoms with Gasteiger partial charge in [0.2, 0.25) is 0 Å². The molecule has 0 unspecified atom stereocenters. The minimum Gasteiger partial charge on any atom is -0.398 e. The Balaban J connectivity index is 3.18. The van der Waals surface area contributed by atoms with Crippen LogP contribution in [0.25, 0.3) is 0 Å². The van der Waals surface area contributed by atoms with Gasteiger partial charge in [-0.25, -0.2) is 0 Å². The first-order valence-electron chi connectivity index (χ1n) is 5.58. The molecule has 0 aromatic heterocycles. The molecule has 0 radical (unpaired) electrons. The Kier molecular flexibility index (Phi) is 4.52. The first kappa shape index (κ1) is 13.0. The van der Waals surface area contributed by atoms with Crippen molar-refractivity contribution in [2.24, 2.45) is 0 Å². The number of nitrogens with two attached hydrogens (primary N) is 1. The number of rotatable bonds is 5. The van der Waals surface area contributed by atoms with Gasteiger partial charge in [-0.1, -0.05) is 26.5 Å². The van der Waals surface area contributed by atoms with Crippen molar-refractivity contribution < 1.29 is 0 Å².